The van der Waals surface area contributed by atoms with Crippen molar-refractivity contribution >= 4 is 49.1 Å². The lowest BCUT2D eigenvalue weighted by Gasteiger charge is -2.17. The van der Waals surface area contributed by atoms with Gasteiger partial charge in [0.25, 0.3) is 5.91 Å². The highest BCUT2D eigenvalue weighted by molar-refractivity contribution is 9.10. The van der Waals surface area contributed by atoms with Crippen LogP contribution in [0.1, 0.15) is 28.7 Å². The molecule has 108 valence electrons. The maximum Gasteiger partial charge on any atom is 0.270 e. The minimum absolute atomic E-state index is 0.0497. The fourth-order valence-electron chi connectivity index (χ4n) is 2.02. The van der Waals surface area contributed by atoms with Gasteiger partial charge >= 0.3 is 0 Å². The first-order chi connectivity index (χ1) is 9.51. The van der Waals surface area contributed by atoms with E-state index in [9.17, 15) is 4.79 Å². The number of thiophene rings is 1. The highest BCUT2D eigenvalue weighted by atomic mass is 79.9. The zero-order chi connectivity index (χ0) is 14.7. The lowest BCUT2D eigenvalue weighted by Crippen LogP contribution is -2.27. The zero-order valence-electron chi connectivity index (χ0n) is 11.4. The van der Waals surface area contributed by atoms with Crippen LogP contribution >= 0.6 is 43.2 Å². The van der Waals surface area contributed by atoms with E-state index in [1.807, 2.05) is 29.3 Å². The Hall–Kier alpha value is -0.590. The summed E-state index contributed by atoms with van der Waals surface area (Å²) in [4.78, 5) is 15.5. The topological polar surface area (TPSA) is 25.2 Å². The molecule has 2 aromatic heterocycles. The summed E-state index contributed by atoms with van der Waals surface area (Å²) in [5.74, 6) is 0.0497. The molecule has 2 rings (SSSR count). The van der Waals surface area contributed by atoms with Gasteiger partial charge in [-0.15, -0.1) is 11.3 Å². The highest BCUT2D eigenvalue weighted by Gasteiger charge is 2.17. The van der Waals surface area contributed by atoms with Crippen molar-refractivity contribution < 1.29 is 4.79 Å². The summed E-state index contributed by atoms with van der Waals surface area (Å²) in [6.07, 6.45) is 2.97. The third-order valence-corrected chi connectivity index (χ3v) is 5.02. The summed E-state index contributed by atoms with van der Waals surface area (Å²) >= 11 is 8.53. The number of nitrogens with zero attached hydrogens (tertiary/aromatic N) is 2. The molecule has 3 nitrogen and oxygen atoms in total. The van der Waals surface area contributed by atoms with Crippen molar-refractivity contribution in [3.05, 3.63) is 43.2 Å². The number of hydrogen-bond donors (Lipinski definition) is 0. The molecule has 0 saturated carbocycles. The van der Waals surface area contributed by atoms with Crippen LogP contribution in [0.2, 0.25) is 0 Å². The van der Waals surface area contributed by atoms with Crippen molar-refractivity contribution in [3.63, 3.8) is 0 Å². The minimum Gasteiger partial charge on any atom is -0.342 e. The first-order valence-electron chi connectivity index (χ1n) is 6.35. The molecule has 20 heavy (non-hydrogen) atoms. The Morgan fingerprint density at radius 1 is 1.35 bits per heavy atom. The molecule has 0 radical (unpaired) electrons. The van der Waals surface area contributed by atoms with Crippen molar-refractivity contribution in [2.24, 2.45) is 0 Å². The second kappa shape index (κ2) is 6.91. The van der Waals surface area contributed by atoms with Gasteiger partial charge in [-0.05, 0) is 50.4 Å². The number of amides is 1. The average molecular weight is 420 g/mol. The molecule has 0 aliphatic carbocycles. The van der Waals surface area contributed by atoms with Crippen LogP contribution in [0, 0.1) is 0 Å². The second-order valence-corrected chi connectivity index (χ2v) is 7.46. The lowest BCUT2D eigenvalue weighted by molar-refractivity contribution is 0.0775. The molecule has 0 aromatic carbocycles. The summed E-state index contributed by atoms with van der Waals surface area (Å²) in [5, 5.41) is 2.03. The molecule has 0 N–H and O–H groups in total. The Labute approximate surface area is 139 Å². The molecular formula is C14H16Br2N2OS. The van der Waals surface area contributed by atoms with Crippen molar-refractivity contribution in [1.29, 1.82) is 0 Å². The first kappa shape index (κ1) is 15.8. The van der Waals surface area contributed by atoms with Gasteiger partial charge in [-0.2, -0.15) is 0 Å². The van der Waals surface area contributed by atoms with E-state index in [2.05, 4.69) is 44.8 Å². The Kier molecular flexibility index (Phi) is 5.46. The fourth-order valence-corrected chi connectivity index (χ4v) is 3.98. The summed E-state index contributed by atoms with van der Waals surface area (Å²) in [6.45, 7) is 3.59. The van der Waals surface area contributed by atoms with Gasteiger partial charge in [0.15, 0.2) is 0 Å². The maximum atomic E-state index is 12.5. The smallest absolute Gasteiger partial charge is 0.270 e. The van der Waals surface area contributed by atoms with Crippen molar-refractivity contribution in [1.82, 2.24) is 9.47 Å². The normalized spacial score (nSPS) is 10.8. The van der Waals surface area contributed by atoms with Gasteiger partial charge in [-0.3, -0.25) is 4.79 Å². The van der Waals surface area contributed by atoms with Crippen molar-refractivity contribution in [2.75, 3.05) is 7.05 Å². The van der Waals surface area contributed by atoms with Crippen molar-refractivity contribution in [3.8, 4) is 0 Å². The van der Waals surface area contributed by atoms with Gasteiger partial charge in [0.1, 0.15) is 5.69 Å². The molecule has 2 aromatic rings. The first-order valence-corrected chi connectivity index (χ1v) is 8.82. The van der Waals surface area contributed by atoms with Gasteiger partial charge in [0.05, 0.1) is 6.54 Å². The Morgan fingerprint density at radius 3 is 2.70 bits per heavy atom. The van der Waals surface area contributed by atoms with Crippen LogP contribution in [0.15, 0.2) is 32.7 Å². The molecule has 0 spiro atoms. The maximum absolute atomic E-state index is 12.5. The summed E-state index contributed by atoms with van der Waals surface area (Å²) < 4.78 is 4.02. The number of aryl methyl sites for hydroxylation is 1. The molecule has 0 unspecified atom stereocenters. The van der Waals surface area contributed by atoms with E-state index in [1.165, 1.54) is 4.88 Å². The molecule has 6 heteroatoms. The Bertz CT molecular complexity index is 606. The third-order valence-electron chi connectivity index (χ3n) is 2.91. The zero-order valence-corrected chi connectivity index (χ0v) is 15.4. The van der Waals surface area contributed by atoms with E-state index in [1.54, 1.807) is 16.2 Å². The van der Waals surface area contributed by atoms with Gasteiger partial charge in [0.2, 0.25) is 0 Å². The number of halogens is 2. The molecule has 1 amide bonds. The van der Waals surface area contributed by atoms with Crippen LogP contribution in [0.25, 0.3) is 0 Å². The van der Waals surface area contributed by atoms with E-state index >= 15 is 0 Å². The van der Waals surface area contributed by atoms with E-state index in [0.717, 1.165) is 27.6 Å². The molecule has 0 aliphatic rings. The third kappa shape index (κ3) is 3.74. The summed E-state index contributed by atoms with van der Waals surface area (Å²) in [5.41, 5.74) is 0.733. The van der Waals surface area contributed by atoms with Crippen LogP contribution in [0.3, 0.4) is 0 Å². The molecule has 0 aliphatic heterocycles. The van der Waals surface area contributed by atoms with E-state index in [-0.39, 0.29) is 5.91 Å². The fraction of sp³-hybridized carbons (Fsp3) is 0.357. The van der Waals surface area contributed by atoms with E-state index < -0.39 is 0 Å². The van der Waals surface area contributed by atoms with Gasteiger partial charge in [-0.1, -0.05) is 6.92 Å². The highest BCUT2D eigenvalue weighted by Crippen LogP contribution is 2.22. The largest absolute Gasteiger partial charge is 0.342 e. The standard InChI is InChI=1S/C14H16Br2N2OS/c1-3-4-18-7-10(15)6-13(18)14(19)17(2)8-12-5-11(16)9-20-12/h5-7,9H,3-4,8H2,1-2H3. The molecular weight excluding hydrogens is 404 g/mol. The predicted octanol–water partition coefficient (Wildman–Crippen LogP) is 4.76. The molecule has 0 atom stereocenters. The van der Waals surface area contributed by atoms with Gasteiger partial charge in [-0.25, -0.2) is 0 Å². The van der Waals surface area contributed by atoms with Crippen LogP contribution in [0.4, 0.5) is 0 Å². The monoisotopic (exact) mass is 418 g/mol. The molecule has 2 heterocycles. The molecule has 0 saturated heterocycles. The second-order valence-electron chi connectivity index (χ2n) is 4.63. The Morgan fingerprint density at radius 2 is 2.10 bits per heavy atom. The van der Waals surface area contributed by atoms with Crippen LogP contribution in [-0.4, -0.2) is 22.4 Å². The Balaban J connectivity index is 2.13. The van der Waals surface area contributed by atoms with Crippen molar-refractivity contribution in [2.45, 2.75) is 26.4 Å². The summed E-state index contributed by atoms with van der Waals surface area (Å²) in [7, 11) is 1.84. The summed E-state index contributed by atoms with van der Waals surface area (Å²) in [6, 6.07) is 3.94. The predicted molar refractivity (Wildman–Crippen MR) is 90.2 cm³/mol. The number of aromatic nitrogens is 1. The van der Waals surface area contributed by atoms with Crippen LogP contribution < -0.4 is 0 Å². The molecule has 0 bridgehead atoms. The number of rotatable bonds is 5. The average Bonchev–Trinajstić information content (AvgIpc) is 2.95. The van der Waals surface area contributed by atoms with Crippen LogP contribution in [0.5, 0.6) is 0 Å². The number of hydrogen-bond acceptors (Lipinski definition) is 2. The quantitative estimate of drug-likeness (QED) is 0.685. The van der Waals surface area contributed by atoms with E-state index in [4.69, 9.17) is 0 Å². The van der Waals surface area contributed by atoms with Gasteiger partial charge < -0.3 is 9.47 Å². The van der Waals surface area contributed by atoms with E-state index in [0.29, 0.717) is 6.54 Å². The molecule has 0 fully saturated rings. The minimum atomic E-state index is 0.0497. The van der Waals surface area contributed by atoms with Crippen LogP contribution in [-0.2, 0) is 13.1 Å². The van der Waals surface area contributed by atoms with Gasteiger partial charge in [0, 0.05) is 39.0 Å². The number of carbonyl (C=O) groups is 1. The SMILES string of the molecule is CCCn1cc(Br)cc1C(=O)N(C)Cc1cc(Br)cs1. The lowest BCUT2D eigenvalue weighted by atomic mass is 10.3. The number of carbonyl (C=O) groups excluding carboxylic acids is 1.